The maximum Gasteiger partial charge on any atom is 0.246 e. The standard InChI is InChI=1S/C14H15N3O2/c1-9-11(10(2)19-16-9)8-17-13-6-4-3-5-12(13)15-7-14(17)18/h3-6,15H,7-8H2,1-2H3. The van der Waals surface area contributed by atoms with Crippen molar-refractivity contribution in [3.63, 3.8) is 0 Å². The van der Waals surface area contributed by atoms with Gasteiger partial charge in [0.1, 0.15) is 5.76 Å². The van der Waals surface area contributed by atoms with Crippen LogP contribution in [0, 0.1) is 13.8 Å². The summed E-state index contributed by atoms with van der Waals surface area (Å²) in [5.41, 5.74) is 3.69. The van der Waals surface area contributed by atoms with Crippen LogP contribution in [0.2, 0.25) is 0 Å². The van der Waals surface area contributed by atoms with Crippen molar-refractivity contribution in [2.24, 2.45) is 0 Å². The molecule has 0 aliphatic carbocycles. The molecule has 0 saturated heterocycles. The fraction of sp³-hybridized carbons (Fsp3) is 0.286. The van der Waals surface area contributed by atoms with Crippen LogP contribution in [0.3, 0.4) is 0 Å². The quantitative estimate of drug-likeness (QED) is 0.896. The second-order valence-electron chi connectivity index (χ2n) is 4.65. The van der Waals surface area contributed by atoms with E-state index in [-0.39, 0.29) is 5.91 Å². The van der Waals surface area contributed by atoms with Crippen LogP contribution in [0.4, 0.5) is 11.4 Å². The first-order valence-corrected chi connectivity index (χ1v) is 6.22. The Labute approximate surface area is 111 Å². The highest BCUT2D eigenvalue weighted by atomic mass is 16.5. The number of carbonyl (C=O) groups is 1. The molecular weight excluding hydrogens is 242 g/mol. The second-order valence-corrected chi connectivity index (χ2v) is 4.65. The molecule has 2 aromatic rings. The Hall–Kier alpha value is -2.30. The maximum atomic E-state index is 12.1. The predicted octanol–water partition coefficient (Wildman–Crippen LogP) is 2.25. The van der Waals surface area contributed by atoms with Gasteiger partial charge in [0.2, 0.25) is 5.91 Å². The van der Waals surface area contributed by atoms with Gasteiger partial charge in [-0.05, 0) is 26.0 Å². The third-order valence-electron chi connectivity index (χ3n) is 3.42. The van der Waals surface area contributed by atoms with Crippen molar-refractivity contribution in [3.05, 3.63) is 41.3 Å². The number of hydrogen-bond acceptors (Lipinski definition) is 4. The van der Waals surface area contributed by atoms with Crippen LogP contribution in [0.5, 0.6) is 0 Å². The molecule has 0 saturated carbocycles. The summed E-state index contributed by atoms with van der Waals surface area (Å²) < 4.78 is 5.16. The highest BCUT2D eigenvalue weighted by Gasteiger charge is 2.25. The van der Waals surface area contributed by atoms with Crippen LogP contribution >= 0.6 is 0 Å². The molecule has 2 heterocycles. The van der Waals surface area contributed by atoms with Gasteiger partial charge in [-0.1, -0.05) is 17.3 Å². The normalized spacial score (nSPS) is 14.2. The minimum Gasteiger partial charge on any atom is -0.374 e. The van der Waals surface area contributed by atoms with Gasteiger partial charge in [-0.25, -0.2) is 0 Å². The molecule has 0 atom stereocenters. The molecular formula is C14H15N3O2. The number of nitrogens with zero attached hydrogens (tertiary/aromatic N) is 2. The summed E-state index contributed by atoms with van der Waals surface area (Å²) in [6.07, 6.45) is 0. The summed E-state index contributed by atoms with van der Waals surface area (Å²) >= 11 is 0. The lowest BCUT2D eigenvalue weighted by atomic mass is 10.1. The van der Waals surface area contributed by atoms with Gasteiger partial charge in [-0.2, -0.15) is 0 Å². The monoisotopic (exact) mass is 257 g/mol. The molecule has 0 spiro atoms. The molecule has 0 unspecified atom stereocenters. The number of aromatic nitrogens is 1. The zero-order valence-electron chi connectivity index (χ0n) is 10.9. The van der Waals surface area contributed by atoms with Crippen LogP contribution in [0.25, 0.3) is 0 Å². The molecule has 1 aliphatic rings. The zero-order chi connectivity index (χ0) is 13.4. The number of amides is 1. The van der Waals surface area contributed by atoms with E-state index >= 15 is 0 Å². The van der Waals surface area contributed by atoms with Crippen molar-refractivity contribution in [2.45, 2.75) is 20.4 Å². The lowest BCUT2D eigenvalue weighted by molar-refractivity contribution is -0.117. The highest BCUT2D eigenvalue weighted by Crippen LogP contribution is 2.31. The summed E-state index contributed by atoms with van der Waals surface area (Å²) in [5, 5.41) is 7.05. The summed E-state index contributed by atoms with van der Waals surface area (Å²) in [4.78, 5) is 13.9. The van der Waals surface area contributed by atoms with Crippen LogP contribution in [0.15, 0.2) is 28.8 Å². The number of nitrogens with one attached hydrogen (secondary N) is 1. The van der Waals surface area contributed by atoms with Crippen LogP contribution in [0.1, 0.15) is 17.0 Å². The molecule has 0 radical (unpaired) electrons. The minimum absolute atomic E-state index is 0.0544. The van der Waals surface area contributed by atoms with E-state index in [1.54, 1.807) is 4.90 Å². The average molecular weight is 257 g/mol. The fourth-order valence-electron chi connectivity index (χ4n) is 2.32. The topological polar surface area (TPSA) is 58.4 Å². The van der Waals surface area contributed by atoms with E-state index < -0.39 is 0 Å². The molecule has 0 bridgehead atoms. The number of fused-ring (bicyclic) bond motifs is 1. The van der Waals surface area contributed by atoms with Gasteiger partial charge in [-0.3, -0.25) is 4.79 Å². The van der Waals surface area contributed by atoms with Gasteiger partial charge in [0.05, 0.1) is 30.2 Å². The molecule has 0 fully saturated rings. The van der Waals surface area contributed by atoms with E-state index in [1.165, 1.54) is 0 Å². The first kappa shape index (κ1) is 11.8. The first-order valence-electron chi connectivity index (χ1n) is 6.22. The third-order valence-corrected chi connectivity index (χ3v) is 3.42. The van der Waals surface area contributed by atoms with E-state index in [4.69, 9.17) is 4.52 Å². The van der Waals surface area contributed by atoms with Gasteiger partial charge in [0.15, 0.2) is 0 Å². The van der Waals surface area contributed by atoms with Crippen LogP contribution in [-0.2, 0) is 11.3 Å². The molecule has 3 rings (SSSR count). The Morgan fingerprint density at radius 3 is 2.89 bits per heavy atom. The van der Waals surface area contributed by atoms with Gasteiger partial charge in [-0.15, -0.1) is 0 Å². The van der Waals surface area contributed by atoms with Gasteiger partial charge in [0.25, 0.3) is 0 Å². The van der Waals surface area contributed by atoms with Crippen molar-refractivity contribution in [3.8, 4) is 0 Å². The van der Waals surface area contributed by atoms with E-state index in [2.05, 4.69) is 10.5 Å². The number of hydrogen-bond donors (Lipinski definition) is 1. The second kappa shape index (κ2) is 4.42. The Morgan fingerprint density at radius 2 is 2.16 bits per heavy atom. The van der Waals surface area contributed by atoms with E-state index in [9.17, 15) is 4.79 Å². The average Bonchev–Trinajstić information content (AvgIpc) is 2.73. The molecule has 5 nitrogen and oxygen atoms in total. The Morgan fingerprint density at radius 1 is 1.37 bits per heavy atom. The SMILES string of the molecule is Cc1noc(C)c1CN1C(=O)CNc2ccccc21. The third kappa shape index (κ3) is 1.97. The van der Waals surface area contributed by atoms with Gasteiger partial charge < -0.3 is 14.7 Å². The molecule has 1 aromatic heterocycles. The van der Waals surface area contributed by atoms with Gasteiger partial charge in [0, 0.05) is 5.56 Å². The molecule has 98 valence electrons. The predicted molar refractivity (Wildman–Crippen MR) is 72.1 cm³/mol. The molecule has 1 aliphatic heterocycles. The van der Waals surface area contributed by atoms with Crippen LogP contribution < -0.4 is 10.2 Å². The summed E-state index contributed by atoms with van der Waals surface area (Å²) in [7, 11) is 0. The zero-order valence-corrected chi connectivity index (χ0v) is 10.9. The van der Waals surface area contributed by atoms with Crippen molar-refractivity contribution in [2.75, 3.05) is 16.8 Å². The molecule has 1 amide bonds. The number of para-hydroxylation sites is 2. The van der Waals surface area contributed by atoms with Crippen LogP contribution in [-0.4, -0.2) is 17.6 Å². The van der Waals surface area contributed by atoms with Crippen molar-refractivity contribution < 1.29 is 9.32 Å². The molecule has 1 N–H and O–H groups in total. The molecule has 19 heavy (non-hydrogen) atoms. The number of anilines is 2. The van der Waals surface area contributed by atoms with Crippen molar-refractivity contribution in [1.29, 1.82) is 0 Å². The number of aryl methyl sites for hydroxylation is 2. The summed E-state index contributed by atoms with van der Waals surface area (Å²) in [6.45, 7) is 4.58. The lowest BCUT2D eigenvalue weighted by Crippen LogP contribution is -2.39. The lowest BCUT2D eigenvalue weighted by Gasteiger charge is -2.30. The Bertz CT molecular complexity index is 614. The summed E-state index contributed by atoms with van der Waals surface area (Å²) in [6, 6.07) is 7.80. The smallest absolute Gasteiger partial charge is 0.246 e. The fourth-order valence-corrected chi connectivity index (χ4v) is 2.32. The van der Waals surface area contributed by atoms with Crippen molar-refractivity contribution >= 4 is 17.3 Å². The summed E-state index contributed by atoms with van der Waals surface area (Å²) in [5.74, 6) is 0.819. The Balaban J connectivity index is 1.98. The highest BCUT2D eigenvalue weighted by molar-refractivity contribution is 6.02. The molecule has 5 heteroatoms. The van der Waals surface area contributed by atoms with E-state index in [1.807, 2.05) is 38.1 Å². The van der Waals surface area contributed by atoms with E-state index in [0.717, 1.165) is 28.4 Å². The first-order chi connectivity index (χ1) is 9.16. The number of carbonyl (C=O) groups excluding carboxylic acids is 1. The van der Waals surface area contributed by atoms with E-state index in [0.29, 0.717) is 13.1 Å². The minimum atomic E-state index is 0.0544. The maximum absolute atomic E-state index is 12.1. The van der Waals surface area contributed by atoms with Gasteiger partial charge >= 0.3 is 0 Å². The number of rotatable bonds is 2. The molecule has 1 aromatic carbocycles. The number of benzene rings is 1. The Kier molecular flexibility index (Phi) is 2.74. The van der Waals surface area contributed by atoms with Crippen molar-refractivity contribution in [1.82, 2.24) is 5.16 Å². The largest absolute Gasteiger partial charge is 0.374 e.